The van der Waals surface area contributed by atoms with Crippen LogP contribution in [-0.4, -0.2) is 33.2 Å². The van der Waals surface area contributed by atoms with Crippen LogP contribution in [0.25, 0.3) is 22.2 Å². The largest absolute Gasteiger partial charge is 0.478 e. The third-order valence-electron chi connectivity index (χ3n) is 4.47. The highest BCUT2D eigenvalue weighted by atomic mass is 16.4. The number of rotatable bonds is 5. The number of aromatic nitrogens is 2. The minimum absolute atomic E-state index is 0.183. The van der Waals surface area contributed by atoms with Crippen molar-refractivity contribution in [3.05, 3.63) is 95.8 Å². The highest BCUT2D eigenvalue weighted by Gasteiger charge is 2.13. The van der Waals surface area contributed by atoms with E-state index in [1.807, 2.05) is 36.4 Å². The van der Waals surface area contributed by atoms with Crippen molar-refractivity contribution in [1.82, 2.24) is 15.4 Å². The van der Waals surface area contributed by atoms with E-state index in [1.54, 1.807) is 30.6 Å². The van der Waals surface area contributed by atoms with Crippen molar-refractivity contribution in [2.75, 3.05) is 0 Å². The molecular formula is C23H16N4O3. The Balaban J connectivity index is 1.61. The third kappa shape index (κ3) is 4.05. The Hall–Kier alpha value is -4.39. The molecule has 2 aromatic carbocycles. The van der Waals surface area contributed by atoms with Crippen LogP contribution >= 0.6 is 0 Å². The topological polar surface area (TPSA) is 105 Å². The zero-order valence-corrected chi connectivity index (χ0v) is 15.7. The number of pyridine rings is 2. The van der Waals surface area contributed by atoms with E-state index in [0.717, 1.165) is 5.56 Å². The van der Waals surface area contributed by atoms with E-state index < -0.39 is 5.97 Å². The van der Waals surface area contributed by atoms with E-state index in [4.69, 9.17) is 5.11 Å². The van der Waals surface area contributed by atoms with Gasteiger partial charge in [0.15, 0.2) is 0 Å². The molecular weight excluding hydrogens is 380 g/mol. The molecule has 7 heteroatoms. The molecule has 2 heterocycles. The highest BCUT2D eigenvalue weighted by Crippen LogP contribution is 2.24. The molecule has 30 heavy (non-hydrogen) atoms. The van der Waals surface area contributed by atoms with Crippen molar-refractivity contribution < 1.29 is 14.7 Å². The second-order valence-electron chi connectivity index (χ2n) is 6.43. The van der Waals surface area contributed by atoms with Gasteiger partial charge in [0.05, 0.1) is 28.6 Å². The molecule has 0 bridgehead atoms. The van der Waals surface area contributed by atoms with Gasteiger partial charge in [-0.2, -0.15) is 5.10 Å². The molecule has 4 aromatic rings. The number of hydrogen-bond donors (Lipinski definition) is 2. The molecule has 2 N–H and O–H groups in total. The molecule has 0 atom stereocenters. The fourth-order valence-corrected chi connectivity index (χ4v) is 2.97. The van der Waals surface area contributed by atoms with Gasteiger partial charge in [-0.25, -0.2) is 15.2 Å². The zero-order valence-electron chi connectivity index (χ0n) is 15.7. The number of nitrogens with one attached hydrogen (secondary N) is 1. The van der Waals surface area contributed by atoms with Crippen LogP contribution < -0.4 is 5.43 Å². The number of hydrogen-bond acceptors (Lipinski definition) is 5. The average Bonchev–Trinajstić information content (AvgIpc) is 2.79. The first-order valence-electron chi connectivity index (χ1n) is 9.09. The molecule has 0 fully saturated rings. The first-order valence-corrected chi connectivity index (χ1v) is 9.09. The van der Waals surface area contributed by atoms with Crippen LogP contribution in [0.15, 0.2) is 84.2 Å². The van der Waals surface area contributed by atoms with Crippen LogP contribution in [0.1, 0.15) is 26.3 Å². The van der Waals surface area contributed by atoms with Crippen molar-refractivity contribution in [1.29, 1.82) is 0 Å². The first kappa shape index (κ1) is 18.9. The maximum absolute atomic E-state index is 12.8. The summed E-state index contributed by atoms with van der Waals surface area (Å²) in [5, 5.41) is 13.7. The molecule has 1 amide bonds. The summed E-state index contributed by atoms with van der Waals surface area (Å²) >= 11 is 0. The van der Waals surface area contributed by atoms with Gasteiger partial charge in [0.1, 0.15) is 0 Å². The molecule has 4 rings (SSSR count). The lowest BCUT2D eigenvalue weighted by Gasteiger charge is -2.08. The number of carboxylic acids is 1. The average molecular weight is 396 g/mol. The summed E-state index contributed by atoms with van der Waals surface area (Å²) in [7, 11) is 0. The molecule has 0 aliphatic rings. The fourth-order valence-electron chi connectivity index (χ4n) is 2.97. The molecule has 2 aromatic heterocycles. The summed E-state index contributed by atoms with van der Waals surface area (Å²) in [4.78, 5) is 32.4. The SMILES string of the molecule is O=C(O)c1ccc(C=NNC(=O)c2cc(-c3ccncc3)nc3ccccc23)cc1. The molecule has 0 saturated carbocycles. The number of fused-ring (bicyclic) bond motifs is 1. The van der Waals surface area contributed by atoms with Gasteiger partial charge in [0.2, 0.25) is 0 Å². The molecule has 0 spiro atoms. The lowest BCUT2D eigenvalue weighted by atomic mass is 10.0. The van der Waals surface area contributed by atoms with Crippen molar-refractivity contribution in [3.8, 4) is 11.3 Å². The van der Waals surface area contributed by atoms with Gasteiger partial charge in [0, 0.05) is 23.3 Å². The van der Waals surface area contributed by atoms with Gasteiger partial charge in [-0.15, -0.1) is 0 Å². The highest BCUT2D eigenvalue weighted by molar-refractivity contribution is 6.07. The maximum atomic E-state index is 12.8. The Kier molecular flexibility index (Phi) is 5.25. The summed E-state index contributed by atoms with van der Waals surface area (Å²) in [6, 6.07) is 19.0. The second-order valence-corrected chi connectivity index (χ2v) is 6.43. The molecule has 7 nitrogen and oxygen atoms in total. The molecule has 0 radical (unpaired) electrons. The van der Waals surface area contributed by atoms with E-state index in [0.29, 0.717) is 27.7 Å². The van der Waals surface area contributed by atoms with Gasteiger partial charge >= 0.3 is 5.97 Å². The molecule has 0 saturated heterocycles. The quantitative estimate of drug-likeness (QED) is 0.395. The monoisotopic (exact) mass is 396 g/mol. The Morgan fingerprint density at radius 1 is 0.967 bits per heavy atom. The van der Waals surface area contributed by atoms with Gasteiger partial charge in [-0.05, 0) is 42.0 Å². The van der Waals surface area contributed by atoms with E-state index >= 15 is 0 Å². The third-order valence-corrected chi connectivity index (χ3v) is 4.47. The Morgan fingerprint density at radius 3 is 2.43 bits per heavy atom. The smallest absolute Gasteiger partial charge is 0.335 e. The van der Waals surface area contributed by atoms with Crippen molar-refractivity contribution in [3.63, 3.8) is 0 Å². The second kappa shape index (κ2) is 8.32. The van der Waals surface area contributed by atoms with E-state index in [-0.39, 0.29) is 11.5 Å². The molecule has 0 aliphatic carbocycles. The van der Waals surface area contributed by atoms with Gasteiger partial charge in [-0.1, -0.05) is 30.3 Å². The van der Waals surface area contributed by atoms with Gasteiger partial charge < -0.3 is 5.11 Å². The predicted octanol–water partition coefficient (Wildman–Crippen LogP) is 3.76. The predicted molar refractivity (Wildman–Crippen MR) is 113 cm³/mol. The summed E-state index contributed by atoms with van der Waals surface area (Å²) in [6.45, 7) is 0. The van der Waals surface area contributed by atoms with Crippen LogP contribution in [0.4, 0.5) is 0 Å². The van der Waals surface area contributed by atoms with E-state index in [1.165, 1.54) is 18.3 Å². The van der Waals surface area contributed by atoms with Gasteiger partial charge in [-0.3, -0.25) is 9.78 Å². The lowest BCUT2D eigenvalue weighted by molar-refractivity contribution is 0.0696. The minimum atomic E-state index is -0.999. The summed E-state index contributed by atoms with van der Waals surface area (Å²) < 4.78 is 0. The summed E-state index contributed by atoms with van der Waals surface area (Å²) in [5.41, 5.74) is 6.04. The summed E-state index contributed by atoms with van der Waals surface area (Å²) in [6.07, 6.45) is 4.80. The Bertz CT molecular complexity index is 1250. The van der Waals surface area contributed by atoms with Crippen LogP contribution in [0, 0.1) is 0 Å². The number of carbonyl (C=O) groups excluding carboxylic acids is 1. The van der Waals surface area contributed by atoms with Crippen LogP contribution in [0.3, 0.4) is 0 Å². The van der Waals surface area contributed by atoms with Crippen LogP contribution in [-0.2, 0) is 0 Å². The molecule has 146 valence electrons. The maximum Gasteiger partial charge on any atom is 0.335 e. The van der Waals surface area contributed by atoms with E-state index in [9.17, 15) is 9.59 Å². The van der Waals surface area contributed by atoms with Gasteiger partial charge in [0.25, 0.3) is 5.91 Å². The standard InChI is InChI=1S/C23H16N4O3/c28-22(27-25-14-15-5-7-17(8-6-15)23(29)30)19-13-21(16-9-11-24-12-10-16)26-20-4-2-1-3-18(19)20/h1-14H,(H,27,28)(H,29,30). The Morgan fingerprint density at radius 2 is 1.70 bits per heavy atom. The number of carboxylic acid groups (broad SMARTS) is 1. The molecule has 0 aliphatic heterocycles. The number of hydrazone groups is 1. The lowest BCUT2D eigenvalue weighted by Crippen LogP contribution is -2.18. The van der Waals surface area contributed by atoms with Crippen molar-refractivity contribution in [2.45, 2.75) is 0 Å². The number of para-hydroxylation sites is 1. The number of carbonyl (C=O) groups is 2. The number of benzene rings is 2. The number of nitrogens with zero attached hydrogens (tertiary/aromatic N) is 3. The fraction of sp³-hybridized carbons (Fsp3) is 0. The molecule has 0 unspecified atom stereocenters. The number of amides is 1. The first-order chi connectivity index (χ1) is 14.6. The van der Waals surface area contributed by atoms with E-state index in [2.05, 4.69) is 20.5 Å². The van der Waals surface area contributed by atoms with Crippen molar-refractivity contribution in [2.24, 2.45) is 5.10 Å². The van der Waals surface area contributed by atoms with Crippen molar-refractivity contribution >= 4 is 29.0 Å². The number of aromatic carboxylic acids is 1. The van der Waals surface area contributed by atoms with Crippen LogP contribution in [0.2, 0.25) is 0 Å². The zero-order chi connectivity index (χ0) is 20.9. The van der Waals surface area contributed by atoms with Crippen LogP contribution in [0.5, 0.6) is 0 Å². The Labute approximate surface area is 171 Å². The summed E-state index contributed by atoms with van der Waals surface area (Å²) in [5.74, 6) is -1.37. The minimum Gasteiger partial charge on any atom is -0.478 e. The normalized spacial score (nSPS) is 10.9.